The van der Waals surface area contributed by atoms with E-state index >= 15 is 0 Å². The predicted molar refractivity (Wildman–Crippen MR) is 59.2 cm³/mol. The third-order valence-corrected chi connectivity index (χ3v) is 2.22. The molecule has 0 saturated heterocycles. The Balaban J connectivity index is 2.29. The minimum absolute atomic E-state index is 0.641. The van der Waals surface area contributed by atoms with Crippen molar-refractivity contribution in [1.82, 2.24) is 4.98 Å². The fourth-order valence-electron chi connectivity index (χ4n) is 1.39. The van der Waals surface area contributed by atoms with Gasteiger partial charge in [-0.2, -0.15) is 0 Å². The quantitative estimate of drug-likeness (QED) is 0.726. The minimum Gasteiger partial charge on any atom is -0.399 e. The number of anilines is 1. The van der Waals surface area contributed by atoms with Gasteiger partial charge in [-0.1, -0.05) is 18.2 Å². The number of pyridine rings is 1. The van der Waals surface area contributed by atoms with E-state index in [0.717, 1.165) is 5.56 Å². The molecule has 1 atom stereocenters. The topological polar surface area (TPSA) is 59.1 Å². The van der Waals surface area contributed by atoms with Crippen LogP contribution in [-0.4, -0.2) is 10.1 Å². The van der Waals surface area contributed by atoms with Gasteiger partial charge in [0.15, 0.2) is 0 Å². The molecule has 1 aromatic heterocycles. The molecule has 0 aliphatic rings. The van der Waals surface area contributed by atoms with E-state index < -0.39 is 6.10 Å². The molecule has 0 spiro atoms. The molecule has 0 unspecified atom stereocenters. The first-order valence-corrected chi connectivity index (χ1v) is 4.72. The summed E-state index contributed by atoms with van der Waals surface area (Å²) in [6.45, 7) is 0. The van der Waals surface area contributed by atoms with Gasteiger partial charge in [0.1, 0.15) is 6.10 Å². The summed E-state index contributed by atoms with van der Waals surface area (Å²) in [5, 5.41) is 9.98. The molecule has 0 aliphatic heterocycles. The Morgan fingerprint density at radius 3 is 2.40 bits per heavy atom. The van der Waals surface area contributed by atoms with Gasteiger partial charge in [0, 0.05) is 11.9 Å². The zero-order valence-electron chi connectivity index (χ0n) is 8.17. The van der Waals surface area contributed by atoms with E-state index in [9.17, 15) is 5.11 Å². The first-order chi connectivity index (χ1) is 7.27. The minimum atomic E-state index is -0.688. The summed E-state index contributed by atoms with van der Waals surface area (Å²) in [6.07, 6.45) is 0.974. The van der Waals surface area contributed by atoms with Crippen LogP contribution >= 0.6 is 0 Å². The smallest absolute Gasteiger partial charge is 0.121 e. The number of aromatic nitrogens is 1. The molecule has 0 bridgehead atoms. The van der Waals surface area contributed by atoms with E-state index in [4.69, 9.17) is 5.73 Å². The van der Waals surface area contributed by atoms with Gasteiger partial charge in [0.2, 0.25) is 0 Å². The molecule has 3 nitrogen and oxygen atoms in total. The highest BCUT2D eigenvalue weighted by atomic mass is 16.3. The van der Waals surface area contributed by atoms with Crippen molar-refractivity contribution in [2.75, 3.05) is 5.73 Å². The number of rotatable bonds is 2. The summed E-state index contributed by atoms with van der Waals surface area (Å²) in [5.74, 6) is 0. The zero-order chi connectivity index (χ0) is 10.7. The van der Waals surface area contributed by atoms with E-state index in [1.165, 1.54) is 0 Å². The van der Waals surface area contributed by atoms with E-state index in [-0.39, 0.29) is 0 Å². The standard InChI is InChI=1S/C12H12N2O/c13-10-6-4-9(5-7-10)12(15)11-3-1-2-8-14-11/h1-8,12,15H,13H2/t12-/m0/s1. The number of nitrogens with two attached hydrogens (primary N) is 1. The molecular weight excluding hydrogens is 188 g/mol. The van der Waals surface area contributed by atoms with Crippen molar-refractivity contribution < 1.29 is 5.11 Å². The predicted octanol–water partition coefficient (Wildman–Crippen LogP) is 1.75. The summed E-state index contributed by atoms with van der Waals surface area (Å²) < 4.78 is 0. The van der Waals surface area contributed by atoms with Gasteiger partial charge in [-0.05, 0) is 29.8 Å². The average molecular weight is 200 g/mol. The molecule has 0 amide bonds. The molecule has 1 aromatic carbocycles. The van der Waals surface area contributed by atoms with Crippen LogP contribution < -0.4 is 5.73 Å². The Kier molecular flexibility index (Phi) is 2.65. The molecule has 15 heavy (non-hydrogen) atoms. The van der Waals surface area contributed by atoms with Gasteiger partial charge in [0.25, 0.3) is 0 Å². The molecule has 3 heteroatoms. The maximum Gasteiger partial charge on any atom is 0.121 e. The number of benzene rings is 1. The zero-order valence-corrected chi connectivity index (χ0v) is 8.17. The molecule has 0 aliphatic carbocycles. The second-order valence-electron chi connectivity index (χ2n) is 3.32. The second kappa shape index (κ2) is 4.11. The number of nitrogen functional groups attached to an aromatic ring is 1. The van der Waals surface area contributed by atoms with Crippen LogP contribution in [0.15, 0.2) is 48.7 Å². The van der Waals surface area contributed by atoms with Crippen LogP contribution in [0, 0.1) is 0 Å². The van der Waals surface area contributed by atoms with Crippen LogP contribution in [0.25, 0.3) is 0 Å². The van der Waals surface area contributed by atoms with Gasteiger partial charge >= 0.3 is 0 Å². The number of hydrogen-bond acceptors (Lipinski definition) is 3. The fraction of sp³-hybridized carbons (Fsp3) is 0.0833. The SMILES string of the molecule is Nc1ccc([C@H](O)c2ccccn2)cc1. The van der Waals surface area contributed by atoms with E-state index in [0.29, 0.717) is 11.4 Å². The van der Waals surface area contributed by atoms with E-state index in [1.807, 2.05) is 12.1 Å². The monoisotopic (exact) mass is 200 g/mol. The number of hydrogen-bond donors (Lipinski definition) is 2. The summed E-state index contributed by atoms with van der Waals surface area (Å²) in [4.78, 5) is 4.10. The third-order valence-electron chi connectivity index (χ3n) is 2.22. The Hall–Kier alpha value is -1.87. The maximum atomic E-state index is 9.98. The first-order valence-electron chi connectivity index (χ1n) is 4.72. The van der Waals surface area contributed by atoms with E-state index in [2.05, 4.69) is 4.98 Å². The highest BCUT2D eigenvalue weighted by Gasteiger charge is 2.10. The van der Waals surface area contributed by atoms with E-state index in [1.54, 1.807) is 36.5 Å². The third kappa shape index (κ3) is 2.14. The second-order valence-corrected chi connectivity index (χ2v) is 3.32. The lowest BCUT2D eigenvalue weighted by molar-refractivity contribution is 0.215. The molecular formula is C12H12N2O. The summed E-state index contributed by atoms with van der Waals surface area (Å²) in [6, 6.07) is 12.6. The maximum absolute atomic E-state index is 9.98. The Bertz CT molecular complexity index is 425. The van der Waals surface area contributed by atoms with Crippen LogP contribution in [-0.2, 0) is 0 Å². The molecule has 0 fully saturated rings. The van der Waals surface area contributed by atoms with Crippen molar-refractivity contribution in [3.05, 3.63) is 59.9 Å². The van der Waals surface area contributed by atoms with Gasteiger partial charge < -0.3 is 10.8 Å². The van der Waals surface area contributed by atoms with Gasteiger partial charge in [0.05, 0.1) is 5.69 Å². The highest BCUT2D eigenvalue weighted by Crippen LogP contribution is 2.20. The van der Waals surface area contributed by atoms with Gasteiger partial charge in [-0.15, -0.1) is 0 Å². The lowest BCUT2D eigenvalue weighted by atomic mass is 10.1. The summed E-state index contributed by atoms with van der Waals surface area (Å²) in [5.41, 5.74) is 7.69. The highest BCUT2D eigenvalue weighted by molar-refractivity contribution is 5.41. The van der Waals surface area contributed by atoms with Crippen molar-refractivity contribution in [2.45, 2.75) is 6.10 Å². The van der Waals surface area contributed by atoms with Crippen molar-refractivity contribution in [3.63, 3.8) is 0 Å². The lowest BCUT2D eigenvalue weighted by Gasteiger charge is -2.10. The fourth-order valence-corrected chi connectivity index (χ4v) is 1.39. The molecule has 3 N–H and O–H groups in total. The molecule has 0 radical (unpaired) electrons. The largest absolute Gasteiger partial charge is 0.399 e. The molecule has 0 saturated carbocycles. The lowest BCUT2D eigenvalue weighted by Crippen LogP contribution is -2.01. The van der Waals surface area contributed by atoms with Crippen molar-refractivity contribution in [1.29, 1.82) is 0 Å². The molecule has 1 heterocycles. The van der Waals surface area contributed by atoms with Crippen LogP contribution in [0.3, 0.4) is 0 Å². The summed E-state index contributed by atoms with van der Waals surface area (Å²) in [7, 11) is 0. The Morgan fingerprint density at radius 1 is 1.07 bits per heavy atom. The molecule has 2 aromatic rings. The Labute approximate surface area is 88.2 Å². The van der Waals surface area contributed by atoms with Crippen LogP contribution in [0.2, 0.25) is 0 Å². The number of aliphatic hydroxyl groups excluding tert-OH is 1. The molecule has 2 rings (SSSR count). The number of aliphatic hydroxyl groups is 1. The van der Waals surface area contributed by atoms with Crippen molar-refractivity contribution in [2.24, 2.45) is 0 Å². The average Bonchev–Trinajstić information content (AvgIpc) is 2.30. The Morgan fingerprint density at radius 2 is 1.80 bits per heavy atom. The van der Waals surface area contributed by atoms with Crippen LogP contribution in [0.5, 0.6) is 0 Å². The van der Waals surface area contributed by atoms with Crippen LogP contribution in [0.4, 0.5) is 5.69 Å². The number of nitrogens with zero attached hydrogens (tertiary/aromatic N) is 1. The van der Waals surface area contributed by atoms with Crippen molar-refractivity contribution >= 4 is 5.69 Å². The normalized spacial score (nSPS) is 12.3. The van der Waals surface area contributed by atoms with Crippen molar-refractivity contribution in [3.8, 4) is 0 Å². The summed E-state index contributed by atoms with van der Waals surface area (Å²) >= 11 is 0. The first kappa shape index (κ1) is 9.68. The van der Waals surface area contributed by atoms with Gasteiger partial charge in [-0.25, -0.2) is 0 Å². The molecule has 76 valence electrons. The van der Waals surface area contributed by atoms with Crippen LogP contribution in [0.1, 0.15) is 17.4 Å². The van der Waals surface area contributed by atoms with Gasteiger partial charge in [-0.3, -0.25) is 4.98 Å².